The van der Waals surface area contributed by atoms with Crippen LogP contribution in [0.5, 0.6) is 0 Å². The molecule has 0 aromatic heterocycles. The molecule has 25 heavy (non-hydrogen) atoms. The maximum atomic E-state index is 12.2. The van der Waals surface area contributed by atoms with Crippen molar-refractivity contribution in [3.8, 4) is 0 Å². The summed E-state index contributed by atoms with van der Waals surface area (Å²) >= 11 is 5.77. The molecule has 0 saturated heterocycles. The fourth-order valence-electron chi connectivity index (χ4n) is 2.07. The zero-order valence-corrected chi connectivity index (χ0v) is 14.0. The van der Waals surface area contributed by atoms with Gasteiger partial charge in [0.25, 0.3) is 5.91 Å². The molecule has 0 spiro atoms. The average Bonchev–Trinajstić information content (AvgIpc) is 2.60. The van der Waals surface area contributed by atoms with E-state index in [0.29, 0.717) is 10.6 Å². The van der Waals surface area contributed by atoms with Crippen molar-refractivity contribution in [1.82, 2.24) is 5.32 Å². The summed E-state index contributed by atoms with van der Waals surface area (Å²) in [4.78, 5) is 35.6. The van der Waals surface area contributed by atoms with Gasteiger partial charge in [-0.25, -0.2) is 4.79 Å². The van der Waals surface area contributed by atoms with E-state index in [9.17, 15) is 14.4 Å². The third-order valence-electron chi connectivity index (χ3n) is 3.33. The second-order valence-electron chi connectivity index (χ2n) is 5.30. The lowest BCUT2D eigenvalue weighted by Crippen LogP contribution is -2.44. The number of primary amides is 1. The number of carbonyl (C=O) groups excluding carboxylic acids is 3. The number of nitrogens with one attached hydrogen (secondary N) is 1. The highest BCUT2D eigenvalue weighted by Crippen LogP contribution is 2.10. The number of esters is 1. The van der Waals surface area contributed by atoms with Crippen LogP contribution < -0.4 is 11.1 Å². The summed E-state index contributed by atoms with van der Waals surface area (Å²) in [5.74, 6) is -1.98. The molecule has 3 N–H and O–H groups in total. The van der Waals surface area contributed by atoms with Gasteiger partial charge in [-0.05, 0) is 29.8 Å². The highest BCUT2D eigenvalue weighted by Gasteiger charge is 2.25. The summed E-state index contributed by atoms with van der Waals surface area (Å²) in [6.07, 6.45) is -0.354. The molecule has 2 amide bonds. The average molecular weight is 361 g/mol. The molecule has 0 aliphatic heterocycles. The Morgan fingerprint density at radius 1 is 1.04 bits per heavy atom. The summed E-state index contributed by atoms with van der Waals surface area (Å²) in [6, 6.07) is 14.0. The molecule has 2 rings (SSSR count). The van der Waals surface area contributed by atoms with Gasteiger partial charge in [0.05, 0.1) is 6.42 Å². The van der Waals surface area contributed by atoms with Crippen molar-refractivity contribution >= 4 is 29.4 Å². The van der Waals surface area contributed by atoms with Crippen molar-refractivity contribution in [2.24, 2.45) is 5.73 Å². The Balaban J connectivity index is 2.01. The minimum absolute atomic E-state index is 0.0335. The van der Waals surface area contributed by atoms with Crippen LogP contribution in [-0.2, 0) is 20.9 Å². The van der Waals surface area contributed by atoms with Crippen molar-refractivity contribution in [3.63, 3.8) is 0 Å². The molecule has 2 aromatic rings. The molecule has 0 aliphatic rings. The maximum Gasteiger partial charge on any atom is 0.329 e. The first kappa shape index (κ1) is 18.5. The number of halogens is 1. The van der Waals surface area contributed by atoms with Gasteiger partial charge in [-0.1, -0.05) is 41.9 Å². The number of nitrogens with two attached hydrogens (primary N) is 1. The van der Waals surface area contributed by atoms with Crippen molar-refractivity contribution in [3.05, 3.63) is 70.7 Å². The first-order valence-corrected chi connectivity index (χ1v) is 7.89. The van der Waals surface area contributed by atoms with Gasteiger partial charge in [0.1, 0.15) is 12.6 Å². The van der Waals surface area contributed by atoms with Gasteiger partial charge in [0.15, 0.2) is 0 Å². The molecule has 2 aromatic carbocycles. The highest BCUT2D eigenvalue weighted by molar-refractivity contribution is 6.30. The third kappa shape index (κ3) is 5.93. The summed E-state index contributed by atoms with van der Waals surface area (Å²) in [5, 5.41) is 2.94. The standard InChI is InChI=1S/C18H17ClN2O4/c19-14-8-6-13(7-9-14)17(23)21-15(10-16(20)22)18(24)25-11-12-4-2-1-3-5-12/h1-9,15H,10-11H2,(H2,20,22)(H,21,23). The normalized spacial score (nSPS) is 11.4. The van der Waals surface area contributed by atoms with Crippen LogP contribution in [0.1, 0.15) is 22.3 Å². The zero-order valence-electron chi connectivity index (χ0n) is 13.3. The van der Waals surface area contributed by atoms with Gasteiger partial charge in [-0.2, -0.15) is 0 Å². The van der Waals surface area contributed by atoms with Crippen LogP contribution >= 0.6 is 11.6 Å². The number of ether oxygens (including phenoxy) is 1. The molecular formula is C18H17ClN2O4. The van der Waals surface area contributed by atoms with Crippen LogP contribution in [0.2, 0.25) is 5.02 Å². The molecule has 0 fully saturated rings. The van der Waals surface area contributed by atoms with E-state index in [-0.39, 0.29) is 13.0 Å². The Bertz CT molecular complexity index is 747. The fourth-order valence-corrected chi connectivity index (χ4v) is 2.19. The van der Waals surface area contributed by atoms with E-state index in [1.807, 2.05) is 18.2 Å². The van der Waals surface area contributed by atoms with Gasteiger partial charge in [0, 0.05) is 10.6 Å². The number of benzene rings is 2. The molecule has 0 aliphatic carbocycles. The molecule has 0 radical (unpaired) electrons. The molecule has 7 heteroatoms. The van der Waals surface area contributed by atoms with Crippen molar-refractivity contribution in [2.75, 3.05) is 0 Å². The summed E-state index contributed by atoms with van der Waals surface area (Å²) in [7, 11) is 0. The number of rotatable bonds is 7. The van der Waals surface area contributed by atoms with E-state index in [0.717, 1.165) is 5.56 Å². The summed E-state index contributed by atoms with van der Waals surface area (Å²) < 4.78 is 5.16. The predicted octanol–water partition coefficient (Wildman–Crippen LogP) is 2.06. The minimum Gasteiger partial charge on any atom is -0.459 e. The molecule has 6 nitrogen and oxygen atoms in total. The Hall–Kier alpha value is -2.86. The largest absolute Gasteiger partial charge is 0.459 e. The van der Waals surface area contributed by atoms with Crippen molar-refractivity contribution in [1.29, 1.82) is 0 Å². The van der Waals surface area contributed by atoms with Crippen LogP contribution in [0.15, 0.2) is 54.6 Å². The first-order chi connectivity index (χ1) is 12.0. The van der Waals surface area contributed by atoms with Crippen LogP contribution in [0.3, 0.4) is 0 Å². The van der Waals surface area contributed by atoms with E-state index in [4.69, 9.17) is 22.1 Å². The smallest absolute Gasteiger partial charge is 0.329 e. The van der Waals surface area contributed by atoms with Gasteiger partial charge in [-0.3, -0.25) is 9.59 Å². The van der Waals surface area contributed by atoms with Gasteiger partial charge >= 0.3 is 5.97 Å². The molecule has 0 saturated carbocycles. The zero-order chi connectivity index (χ0) is 18.2. The highest BCUT2D eigenvalue weighted by atomic mass is 35.5. The van der Waals surface area contributed by atoms with Crippen molar-refractivity contribution in [2.45, 2.75) is 19.1 Å². The molecule has 130 valence electrons. The van der Waals surface area contributed by atoms with Gasteiger partial charge in [-0.15, -0.1) is 0 Å². The van der Waals surface area contributed by atoms with E-state index in [1.54, 1.807) is 24.3 Å². The SMILES string of the molecule is NC(=O)CC(NC(=O)c1ccc(Cl)cc1)C(=O)OCc1ccccc1. The van der Waals surface area contributed by atoms with Gasteiger partial charge < -0.3 is 15.8 Å². The number of carbonyl (C=O) groups is 3. The lowest BCUT2D eigenvalue weighted by molar-refractivity contribution is -0.148. The second kappa shape index (κ2) is 8.84. The summed E-state index contributed by atoms with van der Waals surface area (Å²) in [6.45, 7) is 0.0335. The monoisotopic (exact) mass is 360 g/mol. The maximum absolute atomic E-state index is 12.2. The van der Waals surface area contributed by atoms with Crippen LogP contribution in [0, 0.1) is 0 Å². The lowest BCUT2D eigenvalue weighted by Gasteiger charge is -2.16. The Labute approximate surface area is 149 Å². The van der Waals surface area contributed by atoms with Crippen LogP contribution in [-0.4, -0.2) is 23.8 Å². The molecule has 0 heterocycles. The summed E-state index contributed by atoms with van der Waals surface area (Å²) in [5.41, 5.74) is 6.25. The predicted molar refractivity (Wildman–Crippen MR) is 92.8 cm³/mol. The Kier molecular flexibility index (Phi) is 6.54. The van der Waals surface area contributed by atoms with Gasteiger partial charge in [0.2, 0.25) is 5.91 Å². The van der Waals surface area contributed by atoms with Crippen LogP contribution in [0.25, 0.3) is 0 Å². The van der Waals surface area contributed by atoms with E-state index >= 15 is 0 Å². The quantitative estimate of drug-likeness (QED) is 0.738. The molecular weight excluding hydrogens is 344 g/mol. The van der Waals surface area contributed by atoms with Crippen molar-refractivity contribution < 1.29 is 19.1 Å². The number of hydrogen-bond acceptors (Lipinski definition) is 4. The Morgan fingerprint density at radius 3 is 2.28 bits per heavy atom. The van der Waals surface area contributed by atoms with Crippen LogP contribution in [0.4, 0.5) is 0 Å². The minimum atomic E-state index is -1.16. The first-order valence-electron chi connectivity index (χ1n) is 7.51. The molecule has 1 unspecified atom stereocenters. The topological polar surface area (TPSA) is 98.5 Å². The Morgan fingerprint density at radius 2 is 1.68 bits per heavy atom. The van der Waals surface area contributed by atoms with E-state index in [2.05, 4.69) is 5.32 Å². The lowest BCUT2D eigenvalue weighted by atomic mass is 10.1. The van der Waals surface area contributed by atoms with E-state index in [1.165, 1.54) is 12.1 Å². The molecule has 1 atom stereocenters. The second-order valence-corrected chi connectivity index (χ2v) is 5.73. The number of amides is 2. The number of hydrogen-bond donors (Lipinski definition) is 2. The fraction of sp³-hybridized carbons (Fsp3) is 0.167. The van der Waals surface area contributed by atoms with E-state index < -0.39 is 23.8 Å². The molecule has 0 bridgehead atoms. The third-order valence-corrected chi connectivity index (χ3v) is 3.58.